The van der Waals surface area contributed by atoms with Crippen molar-refractivity contribution in [3.63, 3.8) is 0 Å². The Labute approximate surface area is 240 Å². The molecule has 0 spiro atoms. The predicted octanol–water partition coefficient (Wildman–Crippen LogP) is 6.56. The summed E-state index contributed by atoms with van der Waals surface area (Å²) in [5.74, 6) is 0.491. The maximum Gasteiger partial charge on any atom is 0.225 e. The summed E-state index contributed by atoms with van der Waals surface area (Å²) in [5, 5.41) is 12.1. The van der Waals surface area contributed by atoms with Crippen molar-refractivity contribution in [1.29, 1.82) is 0 Å². The molecule has 2 aliphatic heterocycles. The Bertz CT molecular complexity index is 1300. The molecule has 1 aliphatic carbocycles. The van der Waals surface area contributed by atoms with Crippen molar-refractivity contribution >= 4 is 17.1 Å². The van der Waals surface area contributed by atoms with Gasteiger partial charge in [-0.05, 0) is 48.6 Å². The Hall–Kier alpha value is -2.99. The van der Waals surface area contributed by atoms with Gasteiger partial charge in [-0.3, -0.25) is 9.78 Å². The fourth-order valence-electron chi connectivity index (χ4n) is 6.84. The molecule has 1 amide bonds. The third-order valence-corrected chi connectivity index (χ3v) is 9.44. The molecule has 0 bridgehead atoms. The molecule has 3 aliphatic rings. The molecule has 2 atom stereocenters. The molecule has 5 nitrogen and oxygen atoms in total. The highest BCUT2D eigenvalue weighted by atomic mass is 19.1. The van der Waals surface area contributed by atoms with Crippen LogP contribution in [0, 0.1) is 23.1 Å². The van der Waals surface area contributed by atoms with Gasteiger partial charge in [0, 0.05) is 61.0 Å². The third-order valence-electron chi connectivity index (χ3n) is 9.44. The van der Waals surface area contributed by atoms with Crippen molar-refractivity contribution in [3.8, 4) is 0 Å². The van der Waals surface area contributed by atoms with Crippen LogP contribution in [0.2, 0.25) is 0 Å². The van der Waals surface area contributed by atoms with Crippen LogP contribution in [-0.4, -0.2) is 57.6 Å². The minimum absolute atomic E-state index is 0.00663. The molecule has 0 radical (unpaired) electrons. The van der Waals surface area contributed by atoms with E-state index in [4.69, 9.17) is 1.37 Å². The van der Waals surface area contributed by atoms with Gasteiger partial charge in [0.25, 0.3) is 0 Å². The average molecular weight is 547 g/mol. The number of nitrogens with zero attached hydrogens (tertiary/aromatic N) is 3. The summed E-state index contributed by atoms with van der Waals surface area (Å²) in [6.45, 7) is 7.67. The number of benzene rings is 1. The van der Waals surface area contributed by atoms with E-state index in [2.05, 4.69) is 11.9 Å². The highest BCUT2D eigenvalue weighted by Gasteiger charge is 2.49. The van der Waals surface area contributed by atoms with Gasteiger partial charge in [0.15, 0.2) is 0 Å². The van der Waals surface area contributed by atoms with Gasteiger partial charge in [-0.15, -0.1) is 0 Å². The zero-order valence-electron chi connectivity index (χ0n) is 25.2. The van der Waals surface area contributed by atoms with E-state index in [9.17, 15) is 14.3 Å². The van der Waals surface area contributed by atoms with Crippen LogP contribution in [0.25, 0.3) is 11.1 Å². The molecule has 1 saturated carbocycles. The monoisotopic (exact) mass is 546 g/mol. The number of halogens is 1. The van der Waals surface area contributed by atoms with Crippen molar-refractivity contribution in [2.75, 3.05) is 26.2 Å². The van der Waals surface area contributed by atoms with Crippen molar-refractivity contribution in [3.05, 3.63) is 78.0 Å². The normalized spacial score (nSPS) is 24.9. The first-order valence-corrected chi connectivity index (χ1v) is 14.9. The second-order valence-electron chi connectivity index (χ2n) is 12.8. The maximum atomic E-state index is 14.9. The molecular weight excluding hydrogens is 501 g/mol. The van der Waals surface area contributed by atoms with E-state index in [0.29, 0.717) is 43.1 Å². The number of aliphatic hydroxyl groups is 1. The van der Waals surface area contributed by atoms with E-state index in [1.54, 1.807) is 30.5 Å². The fourth-order valence-corrected chi connectivity index (χ4v) is 6.84. The first-order chi connectivity index (χ1) is 19.6. The lowest BCUT2D eigenvalue weighted by Crippen LogP contribution is -2.62. The zero-order chi connectivity index (χ0) is 29.2. The number of pyridine rings is 1. The van der Waals surface area contributed by atoms with E-state index in [1.165, 1.54) is 38.2 Å². The number of hydrogen-bond donors (Lipinski definition) is 1. The van der Waals surface area contributed by atoms with E-state index in [-0.39, 0.29) is 30.4 Å². The number of piperidine rings is 1. The molecule has 214 valence electrons. The van der Waals surface area contributed by atoms with Crippen LogP contribution in [0.3, 0.4) is 0 Å². The lowest BCUT2D eigenvalue weighted by molar-refractivity contribution is -0.156. The molecule has 1 unspecified atom stereocenters. The topological polar surface area (TPSA) is 56.7 Å². The third kappa shape index (κ3) is 6.02. The molecule has 1 aromatic heterocycles. The highest BCUT2D eigenvalue weighted by molar-refractivity contribution is 5.96. The summed E-state index contributed by atoms with van der Waals surface area (Å²) in [6.07, 6.45) is 11.3. The van der Waals surface area contributed by atoms with E-state index >= 15 is 0 Å². The summed E-state index contributed by atoms with van der Waals surface area (Å²) >= 11 is 0. The molecule has 6 heteroatoms. The quantitative estimate of drug-likeness (QED) is 0.428. The lowest BCUT2D eigenvalue weighted by atomic mass is 9.69. The van der Waals surface area contributed by atoms with Crippen LogP contribution < -0.4 is 0 Å². The average Bonchev–Trinajstić information content (AvgIpc) is 2.96. The van der Waals surface area contributed by atoms with Crippen LogP contribution in [0.4, 0.5) is 4.39 Å². The second-order valence-corrected chi connectivity index (χ2v) is 12.8. The van der Waals surface area contributed by atoms with Crippen molar-refractivity contribution in [2.45, 2.75) is 71.3 Å². The summed E-state index contributed by atoms with van der Waals surface area (Å²) in [4.78, 5) is 21.8. The molecular formula is C34H44FN3O2. The number of carbonyl (C=O) groups excluding carboxylic acids is 1. The van der Waals surface area contributed by atoms with Crippen LogP contribution in [0.15, 0.2) is 60.9 Å². The van der Waals surface area contributed by atoms with Crippen LogP contribution >= 0.6 is 0 Å². The Morgan fingerprint density at radius 3 is 2.62 bits per heavy atom. The molecule has 3 heterocycles. The minimum Gasteiger partial charge on any atom is -0.387 e. The summed E-state index contributed by atoms with van der Waals surface area (Å²) in [5.41, 5.74) is 0.927. The standard InChI is InChI=1S/C34H44FN3O2/c1-25(21-26-11-5-4-6-12-26)32(39)38-20-17-34(40,33(2,3)23-38)24-37-19-16-27(28-13-7-8-14-30(28)35)29(22-37)31-15-9-10-18-36-31/h7-10,13-16,18-19,25-26,40H,4-6,11-12,17,20-24H2,1-3H3/t25-,34?/m1/s1/i19D. The summed E-state index contributed by atoms with van der Waals surface area (Å²) in [7, 11) is 0. The number of β-amino-alcohol motifs (C(OH)–C–C–N with tert-alkyl or cyclic N) is 1. The summed E-state index contributed by atoms with van der Waals surface area (Å²) < 4.78 is 23.8. The van der Waals surface area contributed by atoms with Gasteiger partial charge in [0.1, 0.15) is 5.82 Å². The Morgan fingerprint density at radius 1 is 1.18 bits per heavy atom. The number of allylic oxidation sites excluding steroid dienone is 2. The van der Waals surface area contributed by atoms with E-state index in [1.807, 2.05) is 41.8 Å². The van der Waals surface area contributed by atoms with Gasteiger partial charge >= 0.3 is 0 Å². The fraction of sp³-hybridized carbons (Fsp3) is 0.529. The van der Waals surface area contributed by atoms with Gasteiger partial charge in [-0.1, -0.05) is 77.1 Å². The van der Waals surface area contributed by atoms with Crippen LogP contribution in [0.5, 0.6) is 0 Å². The molecule has 1 saturated heterocycles. The number of amides is 1. The number of carbonyl (C=O) groups is 1. The van der Waals surface area contributed by atoms with Crippen molar-refractivity contribution in [2.24, 2.45) is 17.3 Å². The number of aromatic nitrogens is 1. The molecule has 1 aromatic carbocycles. The second kappa shape index (κ2) is 11.9. The van der Waals surface area contributed by atoms with Crippen LogP contribution in [0.1, 0.15) is 78.3 Å². The minimum atomic E-state index is -1.11. The molecule has 2 fully saturated rings. The van der Waals surface area contributed by atoms with Gasteiger partial charge in [-0.25, -0.2) is 4.39 Å². The number of rotatable bonds is 7. The Morgan fingerprint density at radius 2 is 1.93 bits per heavy atom. The molecule has 5 rings (SSSR count). The van der Waals surface area contributed by atoms with Crippen molar-refractivity contribution < 1.29 is 15.7 Å². The Balaban J connectivity index is 1.33. The SMILES string of the molecule is [2H]C1=CC(c2ccccc2F)=C(c2ccccn2)CN1CC1(O)CCN(C(=O)[C@H](C)CC2CCCCC2)CC1(C)C. The highest BCUT2D eigenvalue weighted by Crippen LogP contribution is 2.42. The van der Waals surface area contributed by atoms with Gasteiger partial charge in [0.05, 0.1) is 12.7 Å². The number of hydrogen-bond acceptors (Lipinski definition) is 4. The van der Waals surface area contributed by atoms with Crippen molar-refractivity contribution in [1.82, 2.24) is 14.8 Å². The molecule has 2 aromatic rings. The van der Waals surface area contributed by atoms with Crippen LogP contribution in [-0.2, 0) is 4.79 Å². The lowest BCUT2D eigenvalue weighted by Gasteiger charge is -2.52. The molecule has 40 heavy (non-hydrogen) atoms. The van der Waals surface area contributed by atoms with E-state index in [0.717, 1.165) is 17.7 Å². The Kier molecular flexibility index (Phi) is 8.06. The smallest absolute Gasteiger partial charge is 0.225 e. The zero-order valence-corrected chi connectivity index (χ0v) is 24.2. The van der Waals surface area contributed by atoms with Gasteiger partial charge in [0.2, 0.25) is 5.91 Å². The van der Waals surface area contributed by atoms with Gasteiger partial charge < -0.3 is 14.9 Å². The number of likely N-dealkylation sites (tertiary alicyclic amines) is 1. The van der Waals surface area contributed by atoms with E-state index < -0.39 is 11.0 Å². The summed E-state index contributed by atoms with van der Waals surface area (Å²) in [6, 6.07) is 12.2. The predicted molar refractivity (Wildman–Crippen MR) is 158 cm³/mol. The molecule has 1 N–H and O–H groups in total. The first-order valence-electron chi connectivity index (χ1n) is 15.4. The first kappa shape index (κ1) is 27.2. The maximum absolute atomic E-state index is 14.9. The van der Waals surface area contributed by atoms with Gasteiger partial charge in [-0.2, -0.15) is 0 Å². The largest absolute Gasteiger partial charge is 0.387 e.